The first-order valence-corrected chi connectivity index (χ1v) is 9.10. The third kappa shape index (κ3) is 2.81. The number of hydrogen-bond donors (Lipinski definition) is 0. The summed E-state index contributed by atoms with van der Waals surface area (Å²) in [6.07, 6.45) is 0. The number of hydrogen-bond acceptors (Lipinski definition) is 2. The fourth-order valence-electron chi connectivity index (χ4n) is 3.84. The van der Waals surface area contributed by atoms with Crippen molar-refractivity contribution in [1.82, 2.24) is 14.4 Å². The molecule has 0 N–H and O–H groups in total. The van der Waals surface area contributed by atoms with E-state index in [1.807, 2.05) is 6.07 Å². The monoisotopic (exact) mass is 341 g/mol. The molecule has 4 heteroatoms. The summed E-state index contributed by atoms with van der Waals surface area (Å²) in [5.41, 5.74) is 2.58. The maximum Gasteiger partial charge on any atom is 0.0492 e. The summed E-state index contributed by atoms with van der Waals surface area (Å²) in [4.78, 5) is 5.03. The predicted octanol–water partition coefficient (Wildman–Crippen LogP) is 4.08. The van der Waals surface area contributed by atoms with Crippen LogP contribution in [0.3, 0.4) is 0 Å². The van der Waals surface area contributed by atoms with Crippen molar-refractivity contribution in [2.75, 3.05) is 33.2 Å². The highest BCUT2D eigenvalue weighted by molar-refractivity contribution is 6.31. The minimum atomic E-state index is 0.635. The van der Waals surface area contributed by atoms with Gasteiger partial charge < -0.3 is 9.47 Å². The van der Waals surface area contributed by atoms with Crippen LogP contribution in [0.2, 0.25) is 5.02 Å². The van der Waals surface area contributed by atoms with Crippen LogP contribution in [-0.4, -0.2) is 53.6 Å². The van der Waals surface area contributed by atoms with E-state index in [0.29, 0.717) is 6.04 Å². The van der Waals surface area contributed by atoms with E-state index in [-0.39, 0.29) is 0 Å². The second-order valence-electron chi connectivity index (χ2n) is 6.96. The molecule has 4 rings (SSSR count). The van der Waals surface area contributed by atoms with Crippen molar-refractivity contribution in [1.29, 1.82) is 0 Å². The van der Waals surface area contributed by atoms with E-state index >= 15 is 0 Å². The van der Waals surface area contributed by atoms with Crippen LogP contribution >= 0.6 is 11.6 Å². The fraction of sp³-hybridized carbons (Fsp3) is 0.400. The molecule has 0 aliphatic carbocycles. The topological polar surface area (TPSA) is 11.4 Å². The van der Waals surface area contributed by atoms with Gasteiger partial charge in [0.05, 0.1) is 0 Å². The predicted molar refractivity (Wildman–Crippen MR) is 103 cm³/mol. The summed E-state index contributed by atoms with van der Waals surface area (Å²) in [7, 11) is 2.22. The summed E-state index contributed by atoms with van der Waals surface area (Å²) in [6, 6.07) is 15.5. The van der Waals surface area contributed by atoms with Crippen LogP contribution in [0, 0.1) is 0 Å². The van der Waals surface area contributed by atoms with Crippen molar-refractivity contribution in [3.8, 4) is 0 Å². The van der Waals surface area contributed by atoms with Gasteiger partial charge in [-0.1, -0.05) is 29.8 Å². The quantitative estimate of drug-likeness (QED) is 0.711. The molecule has 0 radical (unpaired) electrons. The lowest BCUT2D eigenvalue weighted by Crippen LogP contribution is -2.50. The molecule has 1 aromatic heterocycles. The van der Waals surface area contributed by atoms with Crippen LogP contribution in [0.15, 0.2) is 42.5 Å². The Balaban J connectivity index is 1.66. The minimum Gasteiger partial charge on any atom is -0.339 e. The second-order valence-corrected chi connectivity index (χ2v) is 7.40. The smallest absolute Gasteiger partial charge is 0.0492 e. The first-order chi connectivity index (χ1) is 11.6. The van der Waals surface area contributed by atoms with Crippen molar-refractivity contribution in [3.05, 3.63) is 47.5 Å². The highest BCUT2D eigenvalue weighted by atomic mass is 35.5. The van der Waals surface area contributed by atoms with Gasteiger partial charge in [-0.25, -0.2) is 0 Å². The number of halogens is 1. The molecular weight excluding hydrogens is 318 g/mol. The Kier molecular flexibility index (Phi) is 4.25. The number of likely N-dealkylation sites (N-methyl/N-ethyl adjacent to an activating group) is 1. The number of benzene rings is 2. The summed E-state index contributed by atoms with van der Waals surface area (Å²) in [5, 5.41) is 3.35. The molecule has 1 aliphatic rings. The lowest BCUT2D eigenvalue weighted by molar-refractivity contribution is 0.103. The molecule has 24 heavy (non-hydrogen) atoms. The van der Waals surface area contributed by atoms with Crippen LogP contribution in [0.1, 0.15) is 6.92 Å². The molecule has 0 unspecified atom stereocenters. The summed E-state index contributed by atoms with van der Waals surface area (Å²) < 4.78 is 2.45. The van der Waals surface area contributed by atoms with Gasteiger partial charge in [0.15, 0.2) is 0 Å². The first kappa shape index (κ1) is 15.9. The van der Waals surface area contributed by atoms with E-state index < -0.39 is 0 Å². The largest absolute Gasteiger partial charge is 0.339 e. The SMILES string of the molecule is C[C@H]1CN(CCn2c3ccccc3c3cc(Cl)ccc32)CCN1C. The Labute approximate surface area is 148 Å². The van der Waals surface area contributed by atoms with Gasteiger partial charge in [0, 0.05) is 65.6 Å². The fourth-order valence-corrected chi connectivity index (χ4v) is 4.01. The molecule has 126 valence electrons. The second kappa shape index (κ2) is 6.40. The molecule has 1 atom stereocenters. The molecular formula is C20H24ClN3. The molecule has 0 spiro atoms. The summed E-state index contributed by atoms with van der Waals surface area (Å²) in [6.45, 7) is 7.89. The van der Waals surface area contributed by atoms with E-state index in [4.69, 9.17) is 11.6 Å². The molecule has 1 fully saturated rings. The molecule has 0 saturated carbocycles. The third-order valence-electron chi connectivity index (χ3n) is 5.42. The van der Waals surface area contributed by atoms with Gasteiger partial charge in [-0.3, -0.25) is 4.90 Å². The number of fused-ring (bicyclic) bond motifs is 3. The van der Waals surface area contributed by atoms with Crippen molar-refractivity contribution in [3.63, 3.8) is 0 Å². The van der Waals surface area contributed by atoms with Gasteiger partial charge in [-0.05, 0) is 38.2 Å². The van der Waals surface area contributed by atoms with Crippen LogP contribution in [0.4, 0.5) is 0 Å². The molecule has 3 aromatic rings. The molecule has 2 aromatic carbocycles. The average Bonchev–Trinajstić information content (AvgIpc) is 2.89. The zero-order valence-electron chi connectivity index (χ0n) is 14.4. The van der Waals surface area contributed by atoms with Crippen molar-refractivity contribution in [2.45, 2.75) is 19.5 Å². The maximum atomic E-state index is 6.23. The van der Waals surface area contributed by atoms with Gasteiger partial charge in [0.25, 0.3) is 0 Å². The summed E-state index contributed by atoms with van der Waals surface area (Å²) in [5.74, 6) is 0. The van der Waals surface area contributed by atoms with Gasteiger partial charge in [0.1, 0.15) is 0 Å². The Bertz CT molecular complexity index is 870. The van der Waals surface area contributed by atoms with Gasteiger partial charge >= 0.3 is 0 Å². The number of rotatable bonds is 3. The molecule has 1 saturated heterocycles. The molecule has 0 amide bonds. The highest BCUT2D eigenvalue weighted by Gasteiger charge is 2.20. The maximum absolute atomic E-state index is 6.23. The van der Waals surface area contributed by atoms with Crippen molar-refractivity contribution < 1.29 is 0 Å². The summed E-state index contributed by atoms with van der Waals surface area (Å²) >= 11 is 6.23. The standard InChI is InChI=1S/C20H24ClN3/c1-15-14-23(10-9-22(15)2)11-12-24-19-6-4-3-5-17(19)18-13-16(21)7-8-20(18)24/h3-8,13,15H,9-12,14H2,1-2H3/t15-/m0/s1. The van der Waals surface area contributed by atoms with Gasteiger partial charge in [-0.15, -0.1) is 0 Å². The van der Waals surface area contributed by atoms with Crippen LogP contribution < -0.4 is 0 Å². The molecule has 1 aliphatic heterocycles. The lowest BCUT2D eigenvalue weighted by atomic mass is 10.2. The minimum absolute atomic E-state index is 0.635. The van der Waals surface area contributed by atoms with E-state index in [0.717, 1.165) is 37.7 Å². The molecule has 2 heterocycles. The van der Waals surface area contributed by atoms with Gasteiger partial charge in [-0.2, -0.15) is 0 Å². The Morgan fingerprint density at radius 1 is 1.00 bits per heavy atom. The van der Waals surface area contributed by atoms with Gasteiger partial charge in [0.2, 0.25) is 0 Å². The molecule has 0 bridgehead atoms. The van der Waals surface area contributed by atoms with Crippen LogP contribution in [0.25, 0.3) is 21.8 Å². The van der Waals surface area contributed by atoms with E-state index in [1.54, 1.807) is 0 Å². The number of piperazine rings is 1. The normalized spacial score (nSPS) is 20.2. The zero-order valence-corrected chi connectivity index (χ0v) is 15.1. The van der Waals surface area contributed by atoms with Crippen LogP contribution in [-0.2, 0) is 6.54 Å². The van der Waals surface area contributed by atoms with Crippen LogP contribution in [0.5, 0.6) is 0 Å². The number of nitrogens with zero attached hydrogens (tertiary/aromatic N) is 3. The van der Waals surface area contributed by atoms with E-state index in [9.17, 15) is 0 Å². The Hall–Kier alpha value is -1.55. The van der Waals surface area contributed by atoms with Crippen molar-refractivity contribution >= 4 is 33.4 Å². The highest BCUT2D eigenvalue weighted by Crippen LogP contribution is 2.30. The average molecular weight is 342 g/mol. The Morgan fingerprint density at radius 3 is 2.62 bits per heavy atom. The third-order valence-corrected chi connectivity index (χ3v) is 5.65. The molecule has 3 nitrogen and oxygen atoms in total. The Morgan fingerprint density at radius 2 is 1.79 bits per heavy atom. The van der Waals surface area contributed by atoms with E-state index in [1.165, 1.54) is 21.8 Å². The first-order valence-electron chi connectivity index (χ1n) is 8.72. The van der Waals surface area contributed by atoms with E-state index in [2.05, 4.69) is 64.7 Å². The zero-order chi connectivity index (χ0) is 16.7. The number of aromatic nitrogens is 1. The van der Waals surface area contributed by atoms with Crippen molar-refractivity contribution in [2.24, 2.45) is 0 Å². The lowest BCUT2D eigenvalue weighted by Gasteiger charge is -2.37. The number of para-hydroxylation sites is 1.